The van der Waals surface area contributed by atoms with E-state index in [9.17, 15) is 15.0 Å². The van der Waals surface area contributed by atoms with Crippen LogP contribution in [0.15, 0.2) is 18.2 Å². The molecule has 0 fully saturated rings. The number of hydrogen-bond acceptors (Lipinski definition) is 3. The number of carbonyl (C=O) groups is 1. The number of aromatic hydroxyl groups is 2. The van der Waals surface area contributed by atoms with Crippen LogP contribution in [0.25, 0.3) is 11.1 Å². The van der Waals surface area contributed by atoms with Gasteiger partial charge in [-0.15, -0.1) is 0 Å². The van der Waals surface area contributed by atoms with E-state index in [1.54, 1.807) is 17.0 Å². The molecule has 2 aromatic rings. The van der Waals surface area contributed by atoms with Gasteiger partial charge < -0.3 is 15.1 Å². The van der Waals surface area contributed by atoms with Gasteiger partial charge in [0.2, 0.25) is 5.91 Å². The number of hydrogen-bond donors (Lipinski definition) is 2. The van der Waals surface area contributed by atoms with Crippen molar-refractivity contribution in [2.75, 3.05) is 11.4 Å². The second-order valence-corrected chi connectivity index (χ2v) is 6.76. The van der Waals surface area contributed by atoms with Crippen LogP contribution in [-0.2, 0) is 17.6 Å². The number of phenolic OH excluding ortho intramolecular Hbond substituents is 2. The Hall–Kier alpha value is -2.49. The second kappa shape index (κ2) is 6.43. The van der Waals surface area contributed by atoms with E-state index >= 15 is 0 Å². The molecular weight excluding hydrogens is 314 g/mol. The fourth-order valence-corrected chi connectivity index (χ4v) is 3.80. The Morgan fingerprint density at radius 3 is 2.24 bits per heavy atom. The molecule has 3 rings (SSSR count). The van der Waals surface area contributed by atoms with Crippen LogP contribution in [0.3, 0.4) is 0 Å². The quantitative estimate of drug-likeness (QED) is 0.876. The number of phenols is 2. The summed E-state index contributed by atoms with van der Waals surface area (Å²) in [6, 6.07) is 5.48. The largest absolute Gasteiger partial charge is 0.507 e. The van der Waals surface area contributed by atoms with Crippen LogP contribution in [-0.4, -0.2) is 22.7 Å². The molecule has 0 atom stereocenters. The lowest BCUT2D eigenvalue weighted by atomic mass is 9.88. The van der Waals surface area contributed by atoms with Crippen LogP contribution in [0.1, 0.15) is 42.5 Å². The van der Waals surface area contributed by atoms with E-state index in [0.29, 0.717) is 18.5 Å². The fourth-order valence-electron chi connectivity index (χ4n) is 3.80. The molecule has 0 spiro atoms. The lowest BCUT2D eigenvalue weighted by Crippen LogP contribution is -2.25. The van der Waals surface area contributed by atoms with E-state index in [-0.39, 0.29) is 17.4 Å². The first-order valence-electron chi connectivity index (χ1n) is 8.87. The highest BCUT2D eigenvalue weighted by Gasteiger charge is 2.31. The van der Waals surface area contributed by atoms with E-state index in [2.05, 4.69) is 6.92 Å². The van der Waals surface area contributed by atoms with Gasteiger partial charge in [-0.3, -0.25) is 4.79 Å². The molecule has 0 saturated heterocycles. The maximum absolute atomic E-state index is 12.4. The maximum Gasteiger partial charge on any atom is 0.231 e. The number of aryl methyl sites for hydroxylation is 2. The zero-order valence-electron chi connectivity index (χ0n) is 15.3. The van der Waals surface area contributed by atoms with Crippen molar-refractivity contribution in [2.45, 2.75) is 47.0 Å². The number of benzene rings is 2. The summed E-state index contributed by atoms with van der Waals surface area (Å²) in [5, 5.41) is 21.3. The third kappa shape index (κ3) is 2.76. The van der Waals surface area contributed by atoms with Gasteiger partial charge >= 0.3 is 0 Å². The van der Waals surface area contributed by atoms with Gasteiger partial charge in [0, 0.05) is 12.2 Å². The summed E-state index contributed by atoms with van der Waals surface area (Å²) in [7, 11) is 0. The number of fused-ring (bicyclic) bond motifs is 1. The lowest BCUT2D eigenvalue weighted by Gasteiger charge is -2.20. The van der Waals surface area contributed by atoms with Crippen LogP contribution in [0.5, 0.6) is 11.5 Å². The summed E-state index contributed by atoms with van der Waals surface area (Å²) >= 11 is 0. The number of anilines is 1. The highest BCUT2D eigenvalue weighted by atomic mass is 16.3. The molecule has 1 amide bonds. The van der Waals surface area contributed by atoms with Gasteiger partial charge in [0.05, 0.1) is 12.0 Å². The Labute approximate surface area is 148 Å². The van der Waals surface area contributed by atoms with Crippen molar-refractivity contribution in [1.82, 2.24) is 0 Å². The van der Waals surface area contributed by atoms with Crippen molar-refractivity contribution >= 4 is 11.6 Å². The third-order valence-corrected chi connectivity index (χ3v) is 5.11. The smallest absolute Gasteiger partial charge is 0.231 e. The molecule has 4 nitrogen and oxygen atoms in total. The summed E-state index contributed by atoms with van der Waals surface area (Å²) in [5.74, 6) is 0.203. The maximum atomic E-state index is 12.4. The van der Waals surface area contributed by atoms with Gasteiger partial charge in [-0.2, -0.15) is 0 Å². The van der Waals surface area contributed by atoms with Crippen molar-refractivity contribution in [3.05, 3.63) is 40.5 Å². The van der Waals surface area contributed by atoms with Crippen molar-refractivity contribution in [3.63, 3.8) is 0 Å². The normalized spacial score (nSPS) is 13.4. The summed E-state index contributed by atoms with van der Waals surface area (Å²) in [5.41, 5.74) is 5.94. The van der Waals surface area contributed by atoms with Gasteiger partial charge in [0.25, 0.3) is 0 Å². The monoisotopic (exact) mass is 339 g/mol. The van der Waals surface area contributed by atoms with Gasteiger partial charge in [0.15, 0.2) is 0 Å². The van der Waals surface area contributed by atoms with Crippen molar-refractivity contribution in [3.8, 4) is 22.6 Å². The molecule has 1 aliphatic rings. The molecule has 0 bridgehead atoms. The lowest BCUT2D eigenvalue weighted by molar-refractivity contribution is -0.117. The van der Waals surface area contributed by atoms with E-state index in [1.165, 1.54) is 0 Å². The number of likely N-dealkylation sites (N-methyl/N-ethyl adjacent to an activating group) is 1. The molecule has 0 aromatic heterocycles. The van der Waals surface area contributed by atoms with Gasteiger partial charge in [-0.25, -0.2) is 0 Å². The molecule has 0 unspecified atom stereocenters. The van der Waals surface area contributed by atoms with E-state index < -0.39 is 0 Å². The number of rotatable bonds is 4. The molecule has 132 valence electrons. The van der Waals surface area contributed by atoms with Crippen LogP contribution in [0, 0.1) is 13.8 Å². The number of nitrogens with zero attached hydrogens (tertiary/aromatic N) is 1. The zero-order chi connectivity index (χ0) is 18.3. The minimum Gasteiger partial charge on any atom is -0.507 e. The fraction of sp³-hybridized carbons (Fsp3) is 0.381. The minimum atomic E-state index is 0.0605. The Kier molecular flexibility index (Phi) is 4.46. The topological polar surface area (TPSA) is 60.8 Å². The second-order valence-electron chi connectivity index (χ2n) is 6.76. The molecule has 0 aliphatic carbocycles. The number of carbonyl (C=O) groups excluding carboxylic acids is 1. The Morgan fingerprint density at radius 2 is 1.68 bits per heavy atom. The van der Waals surface area contributed by atoms with E-state index in [1.807, 2.05) is 26.8 Å². The molecule has 2 aromatic carbocycles. The first-order chi connectivity index (χ1) is 11.9. The van der Waals surface area contributed by atoms with Crippen LogP contribution >= 0.6 is 0 Å². The average Bonchev–Trinajstić information content (AvgIpc) is 2.85. The van der Waals surface area contributed by atoms with Crippen LogP contribution in [0.4, 0.5) is 5.69 Å². The van der Waals surface area contributed by atoms with Gasteiger partial charge in [-0.05, 0) is 73.2 Å². The highest BCUT2D eigenvalue weighted by molar-refractivity contribution is 6.05. The highest BCUT2D eigenvalue weighted by Crippen LogP contribution is 2.47. The molecule has 0 saturated carbocycles. The van der Waals surface area contributed by atoms with E-state index in [0.717, 1.165) is 46.3 Å². The first kappa shape index (κ1) is 17.3. The van der Waals surface area contributed by atoms with Crippen molar-refractivity contribution in [2.24, 2.45) is 0 Å². The van der Waals surface area contributed by atoms with Gasteiger partial charge in [0.1, 0.15) is 11.5 Å². The van der Waals surface area contributed by atoms with Crippen molar-refractivity contribution < 1.29 is 15.0 Å². The molecule has 1 heterocycles. The number of amides is 1. The molecule has 2 N–H and O–H groups in total. The molecule has 1 aliphatic heterocycles. The molecule has 25 heavy (non-hydrogen) atoms. The first-order valence-corrected chi connectivity index (χ1v) is 8.87. The Balaban J connectivity index is 2.28. The van der Waals surface area contributed by atoms with Gasteiger partial charge in [-0.1, -0.05) is 13.3 Å². The summed E-state index contributed by atoms with van der Waals surface area (Å²) in [4.78, 5) is 14.1. The average molecular weight is 339 g/mol. The third-order valence-electron chi connectivity index (χ3n) is 5.11. The molecular formula is C21H25NO3. The zero-order valence-corrected chi connectivity index (χ0v) is 15.3. The standard InChI is InChI=1S/C21H25NO3/c1-5-7-14-9-17(23)21(18(24)10-14)20-13(4)12(3)8-16-15(20)11-19(25)22(16)6-2/h8-10,23-24H,5-7,11H2,1-4H3. The summed E-state index contributed by atoms with van der Waals surface area (Å²) < 4.78 is 0. The van der Waals surface area contributed by atoms with Crippen LogP contribution < -0.4 is 4.90 Å². The molecule has 4 heteroatoms. The SMILES string of the molecule is CCCc1cc(O)c(-c2c(C)c(C)cc3c2CC(=O)N3CC)c(O)c1. The van der Waals surface area contributed by atoms with E-state index in [4.69, 9.17) is 0 Å². The molecule has 0 radical (unpaired) electrons. The Bertz CT molecular complexity index is 832. The summed E-state index contributed by atoms with van der Waals surface area (Å²) in [6.45, 7) is 8.60. The van der Waals surface area contributed by atoms with Crippen molar-refractivity contribution in [1.29, 1.82) is 0 Å². The van der Waals surface area contributed by atoms with Crippen LogP contribution in [0.2, 0.25) is 0 Å². The predicted octanol–water partition coefficient (Wildman–Crippen LogP) is 4.24. The summed E-state index contributed by atoms with van der Waals surface area (Å²) in [6.07, 6.45) is 2.04. The minimum absolute atomic E-state index is 0.0605. The Morgan fingerprint density at radius 1 is 1.04 bits per heavy atom. The predicted molar refractivity (Wildman–Crippen MR) is 100 cm³/mol.